The zero-order chi connectivity index (χ0) is 15.9. The van der Waals surface area contributed by atoms with E-state index < -0.39 is 0 Å². The van der Waals surface area contributed by atoms with Crippen molar-refractivity contribution in [2.45, 2.75) is 32.6 Å². The van der Waals surface area contributed by atoms with Gasteiger partial charge in [-0.2, -0.15) is 0 Å². The molecule has 0 spiro atoms. The van der Waals surface area contributed by atoms with Gasteiger partial charge in [0.1, 0.15) is 5.82 Å². The number of nitrogens with one attached hydrogen (secondary N) is 1. The molecule has 1 N–H and O–H groups in total. The van der Waals surface area contributed by atoms with E-state index in [0.717, 1.165) is 25.1 Å². The smallest absolute Gasteiger partial charge is 0.222 e. The Bertz CT molecular complexity index is 468. The van der Waals surface area contributed by atoms with Crippen molar-refractivity contribution < 1.29 is 9.18 Å². The van der Waals surface area contributed by atoms with Crippen LogP contribution in [0, 0.1) is 17.7 Å². The highest BCUT2D eigenvalue weighted by molar-refractivity contribution is 5.76. The Morgan fingerprint density at radius 1 is 1.41 bits per heavy atom. The van der Waals surface area contributed by atoms with E-state index in [9.17, 15) is 9.18 Å². The van der Waals surface area contributed by atoms with Crippen LogP contribution in [0.5, 0.6) is 0 Å². The third kappa shape index (κ3) is 5.09. The van der Waals surface area contributed by atoms with Crippen molar-refractivity contribution in [1.82, 2.24) is 10.2 Å². The lowest BCUT2D eigenvalue weighted by Crippen LogP contribution is -2.36. The number of carbonyl (C=O) groups is 1. The number of rotatable bonds is 6. The van der Waals surface area contributed by atoms with Crippen molar-refractivity contribution >= 4 is 5.91 Å². The Labute approximate surface area is 132 Å². The molecule has 1 amide bonds. The molecule has 0 aromatic heterocycles. The van der Waals surface area contributed by atoms with Gasteiger partial charge in [-0.05, 0) is 61.9 Å². The maximum absolute atomic E-state index is 12.9. The predicted molar refractivity (Wildman–Crippen MR) is 87.1 cm³/mol. The second-order valence-electron chi connectivity index (χ2n) is 6.48. The minimum absolute atomic E-state index is 0.209. The monoisotopic (exact) mass is 306 g/mol. The Balaban J connectivity index is 1.75. The zero-order valence-electron chi connectivity index (χ0n) is 13.6. The molecule has 1 fully saturated rings. The fourth-order valence-corrected chi connectivity index (χ4v) is 3.03. The van der Waals surface area contributed by atoms with Crippen LogP contribution < -0.4 is 5.32 Å². The van der Waals surface area contributed by atoms with E-state index in [4.69, 9.17) is 0 Å². The number of likely N-dealkylation sites (N-methyl/N-ethyl adjacent to an activating group) is 1. The fraction of sp³-hybridized carbons (Fsp3) is 0.611. The zero-order valence-corrected chi connectivity index (χ0v) is 13.6. The maximum Gasteiger partial charge on any atom is 0.222 e. The molecule has 3 nitrogen and oxygen atoms in total. The summed E-state index contributed by atoms with van der Waals surface area (Å²) < 4.78 is 12.9. The molecule has 122 valence electrons. The summed E-state index contributed by atoms with van der Waals surface area (Å²) >= 11 is 0. The Kier molecular flexibility index (Phi) is 6.37. The van der Waals surface area contributed by atoms with Gasteiger partial charge in [0.15, 0.2) is 0 Å². The second kappa shape index (κ2) is 8.28. The number of nitrogens with zero attached hydrogens (tertiary/aromatic N) is 1. The topological polar surface area (TPSA) is 32.3 Å². The normalized spacial score (nSPS) is 19.7. The molecular weight excluding hydrogens is 279 g/mol. The summed E-state index contributed by atoms with van der Waals surface area (Å²) in [4.78, 5) is 14.1. The lowest BCUT2D eigenvalue weighted by molar-refractivity contribution is -0.131. The van der Waals surface area contributed by atoms with Gasteiger partial charge in [-0.3, -0.25) is 4.79 Å². The summed E-state index contributed by atoms with van der Waals surface area (Å²) in [5, 5.41) is 3.41. The average molecular weight is 306 g/mol. The van der Waals surface area contributed by atoms with Crippen LogP contribution in [0.2, 0.25) is 0 Å². The molecule has 2 rings (SSSR count). The molecule has 0 bridgehead atoms. The fourth-order valence-electron chi connectivity index (χ4n) is 3.03. The van der Waals surface area contributed by atoms with Crippen molar-refractivity contribution in [3.63, 3.8) is 0 Å². The van der Waals surface area contributed by atoms with Gasteiger partial charge < -0.3 is 10.2 Å². The molecule has 1 saturated heterocycles. The van der Waals surface area contributed by atoms with Gasteiger partial charge in [0.25, 0.3) is 0 Å². The minimum atomic E-state index is -0.219. The van der Waals surface area contributed by atoms with Crippen LogP contribution in [0.25, 0.3) is 0 Å². The largest absolute Gasteiger partial charge is 0.345 e. The van der Waals surface area contributed by atoms with Crippen LogP contribution in [-0.2, 0) is 11.2 Å². The van der Waals surface area contributed by atoms with Gasteiger partial charge >= 0.3 is 0 Å². The van der Waals surface area contributed by atoms with Gasteiger partial charge in [-0.25, -0.2) is 4.39 Å². The van der Waals surface area contributed by atoms with Crippen molar-refractivity contribution in [1.29, 1.82) is 0 Å². The molecule has 1 heterocycles. The third-order valence-corrected chi connectivity index (χ3v) is 4.71. The molecule has 0 aliphatic carbocycles. The predicted octanol–water partition coefficient (Wildman–Crippen LogP) is 2.85. The maximum atomic E-state index is 12.9. The van der Waals surface area contributed by atoms with Gasteiger partial charge in [-0.15, -0.1) is 0 Å². The molecule has 1 aromatic rings. The SMILES string of the molecule is CC(CC(=O)N(C)CCc1ccc(F)cc1)C1CCCNC1. The standard InChI is InChI=1S/C18H27FN2O/c1-14(16-4-3-10-20-13-16)12-18(22)21(2)11-9-15-5-7-17(19)8-6-15/h5-8,14,16,20H,3-4,9-13H2,1-2H3. The van der Waals surface area contributed by atoms with Crippen molar-refractivity contribution in [3.05, 3.63) is 35.6 Å². The average Bonchev–Trinajstić information content (AvgIpc) is 2.54. The number of carbonyl (C=O) groups excluding carboxylic acids is 1. The van der Waals surface area contributed by atoms with Gasteiger partial charge in [0, 0.05) is 20.0 Å². The summed E-state index contributed by atoms with van der Waals surface area (Å²) in [6.07, 6.45) is 3.82. The number of benzene rings is 1. The van der Waals surface area contributed by atoms with E-state index in [2.05, 4.69) is 12.2 Å². The molecule has 4 heteroatoms. The van der Waals surface area contributed by atoms with Gasteiger partial charge in [-0.1, -0.05) is 19.1 Å². The summed E-state index contributed by atoms with van der Waals surface area (Å²) in [5.74, 6) is 1.03. The second-order valence-corrected chi connectivity index (χ2v) is 6.48. The third-order valence-electron chi connectivity index (χ3n) is 4.71. The summed E-state index contributed by atoms with van der Waals surface area (Å²) in [7, 11) is 1.86. The first-order valence-corrected chi connectivity index (χ1v) is 8.25. The molecule has 1 aliphatic heterocycles. The molecule has 22 heavy (non-hydrogen) atoms. The summed E-state index contributed by atoms with van der Waals surface area (Å²) in [6, 6.07) is 6.50. The van der Waals surface area contributed by atoms with E-state index in [1.807, 2.05) is 7.05 Å². The molecular formula is C18H27FN2O. The molecule has 1 aliphatic rings. The van der Waals surface area contributed by atoms with Crippen LogP contribution in [-0.4, -0.2) is 37.5 Å². The molecule has 2 unspecified atom stereocenters. The lowest BCUT2D eigenvalue weighted by atomic mass is 9.85. The Morgan fingerprint density at radius 3 is 2.77 bits per heavy atom. The molecule has 0 saturated carbocycles. The first-order chi connectivity index (χ1) is 10.6. The number of amides is 1. The van der Waals surface area contributed by atoms with E-state index in [-0.39, 0.29) is 11.7 Å². The molecule has 1 aromatic carbocycles. The molecule has 2 atom stereocenters. The number of hydrogen-bond donors (Lipinski definition) is 1. The van der Waals surface area contributed by atoms with Gasteiger partial charge in [0.05, 0.1) is 0 Å². The van der Waals surface area contributed by atoms with E-state index in [1.165, 1.54) is 25.0 Å². The molecule has 0 radical (unpaired) electrons. The Hall–Kier alpha value is -1.42. The van der Waals surface area contributed by atoms with E-state index >= 15 is 0 Å². The number of piperidine rings is 1. The highest BCUT2D eigenvalue weighted by Crippen LogP contribution is 2.23. The van der Waals surface area contributed by atoms with Crippen LogP contribution in [0.15, 0.2) is 24.3 Å². The van der Waals surface area contributed by atoms with Crippen LogP contribution in [0.1, 0.15) is 31.7 Å². The van der Waals surface area contributed by atoms with Crippen LogP contribution >= 0.6 is 0 Å². The lowest BCUT2D eigenvalue weighted by Gasteiger charge is -2.29. The first-order valence-electron chi connectivity index (χ1n) is 8.25. The first kappa shape index (κ1) is 16.9. The number of hydrogen-bond acceptors (Lipinski definition) is 2. The summed E-state index contributed by atoms with van der Waals surface area (Å²) in [5.41, 5.74) is 1.06. The van der Waals surface area contributed by atoms with E-state index in [0.29, 0.717) is 24.8 Å². The van der Waals surface area contributed by atoms with Crippen molar-refractivity contribution in [2.24, 2.45) is 11.8 Å². The highest BCUT2D eigenvalue weighted by Gasteiger charge is 2.23. The minimum Gasteiger partial charge on any atom is -0.345 e. The van der Waals surface area contributed by atoms with Gasteiger partial charge in [0.2, 0.25) is 5.91 Å². The van der Waals surface area contributed by atoms with Crippen molar-refractivity contribution in [3.8, 4) is 0 Å². The summed E-state index contributed by atoms with van der Waals surface area (Å²) in [6.45, 7) is 5.01. The number of halogens is 1. The quantitative estimate of drug-likeness (QED) is 0.876. The van der Waals surface area contributed by atoms with Crippen LogP contribution in [0.4, 0.5) is 4.39 Å². The highest BCUT2D eigenvalue weighted by atomic mass is 19.1. The Morgan fingerprint density at radius 2 is 2.14 bits per heavy atom. The van der Waals surface area contributed by atoms with Crippen molar-refractivity contribution in [2.75, 3.05) is 26.7 Å². The van der Waals surface area contributed by atoms with Crippen LogP contribution in [0.3, 0.4) is 0 Å². The van der Waals surface area contributed by atoms with E-state index in [1.54, 1.807) is 17.0 Å².